The van der Waals surface area contributed by atoms with Crippen LogP contribution in [0.1, 0.15) is 12.6 Å². The van der Waals surface area contributed by atoms with E-state index in [-0.39, 0.29) is 5.91 Å². The summed E-state index contributed by atoms with van der Waals surface area (Å²) in [5.41, 5.74) is 2.99. The number of ether oxygens (including phenoxy) is 2. The largest absolute Gasteiger partial charge is 0.497 e. The Balaban J connectivity index is 1.83. The van der Waals surface area contributed by atoms with Crippen LogP contribution in [0.4, 0.5) is 28.8 Å². The van der Waals surface area contributed by atoms with Gasteiger partial charge in [-0.25, -0.2) is 4.98 Å². The molecule has 2 aromatic carbocycles. The van der Waals surface area contributed by atoms with E-state index in [4.69, 9.17) is 9.47 Å². The monoisotopic (exact) mass is 393 g/mol. The van der Waals surface area contributed by atoms with Gasteiger partial charge in [0.25, 0.3) is 0 Å². The molecular weight excluding hydrogens is 370 g/mol. The molecule has 0 spiro atoms. The first-order valence-electron chi connectivity index (χ1n) is 8.96. The Labute approximate surface area is 169 Å². The Hall–Kier alpha value is -3.81. The first-order valence-corrected chi connectivity index (χ1v) is 8.96. The Morgan fingerprint density at radius 3 is 2.45 bits per heavy atom. The van der Waals surface area contributed by atoms with Crippen molar-refractivity contribution in [3.63, 3.8) is 0 Å². The maximum atomic E-state index is 11.3. The van der Waals surface area contributed by atoms with Gasteiger partial charge in [0.1, 0.15) is 17.3 Å². The number of carbonyl (C=O) groups is 1. The number of methoxy groups -OCH3 is 2. The van der Waals surface area contributed by atoms with Gasteiger partial charge in [-0.05, 0) is 37.3 Å². The lowest BCUT2D eigenvalue weighted by Crippen LogP contribution is -2.06. The fourth-order valence-electron chi connectivity index (χ4n) is 2.74. The maximum absolute atomic E-state index is 11.3. The molecule has 3 aromatic rings. The van der Waals surface area contributed by atoms with Gasteiger partial charge in [-0.3, -0.25) is 4.79 Å². The van der Waals surface area contributed by atoms with Gasteiger partial charge >= 0.3 is 0 Å². The molecule has 0 saturated heterocycles. The van der Waals surface area contributed by atoms with Crippen molar-refractivity contribution in [1.29, 1.82) is 0 Å². The van der Waals surface area contributed by atoms with Crippen LogP contribution in [0.25, 0.3) is 0 Å². The van der Waals surface area contributed by atoms with Crippen molar-refractivity contribution in [2.75, 3.05) is 30.2 Å². The Morgan fingerprint density at radius 1 is 0.931 bits per heavy atom. The summed E-state index contributed by atoms with van der Waals surface area (Å²) in [4.78, 5) is 20.2. The average Bonchev–Trinajstić information content (AvgIpc) is 2.67. The third-order valence-corrected chi connectivity index (χ3v) is 3.96. The number of aromatic nitrogens is 2. The van der Waals surface area contributed by atoms with E-state index >= 15 is 0 Å². The van der Waals surface area contributed by atoms with E-state index in [1.54, 1.807) is 20.3 Å². The highest BCUT2D eigenvalue weighted by Crippen LogP contribution is 2.31. The molecule has 0 fully saturated rings. The van der Waals surface area contributed by atoms with Gasteiger partial charge in [0.15, 0.2) is 0 Å². The number of nitrogens with zero attached hydrogens (tertiary/aromatic N) is 2. The van der Waals surface area contributed by atoms with Crippen LogP contribution in [-0.2, 0) is 4.79 Å². The van der Waals surface area contributed by atoms with Crippen molar-refractivity contribution in [3.05, 3.63) is 54.2 Å². The lowest BCUT2D eigenvalue weighted by molar-refractivity contribution is -0.114. The standard InChI is InChI=1S/C21H23N5O3/c1-13-10-20(25-18-9-8-17(28-3)12-19(18)29-4)26-21(22-13)24-16-7-5-6-15(11-16)23-14(2)27/h5-12H,1-4H3,(H,23,27)(H2,22,24,25,26). The molecule has 0 unspecified atom stereocenters. The fourth-order valence-corrected chi connectivity index (χ4v) is 2.74. The Morgan fingerprint density at radius 2 is 1.72 bits per heavy atom. The summed E-state index contributed by atoms with van der Waals surface area (Å²) >= 11 is 0. The van der Waals surface area contributed by atoms with Gasteiger partial charge in [-0.15, -0.1) is 0 Å². The topological polar surface area (TPSA) is 97.4 Å². The highest BCUT2D eigenvalue weighted by Gasteiger charge is 2.09. The predicted molar refractivity (Wildman–Crippen MR) is 114 cm³/mol. The third kappa shape index (κ3) is 5.35. The number of amides is 1. The number of carbonyl (C=O) groups excluding carboxylic acids is 1. The van der Waals surface area contributed by atoms with Crippen molar-refractivity contribution in [2.45, 2.75) is 13.8 Å². The Bertz CT molecular complexity index is 1020. The van der Waals surface area contributed by atoms with E-state index in [9.17, 15) is 4.79 Å². The summed E-state index contributed by atoms with van der Waals surface area (Å²) in [5.74, 6) is 2.25. The fraction of sp³-hybridized carbons (Fsp3) is 0.190. The highest BCUT2D eigenvalue weighted by atomic mass is 16.5. The molecule has 1 amide bonds. The lowest BCUT2D eigenvalue weighted by Gasteiger charge is -2.14. The molecule has 8 heteroatoms. The van der Waals surface area contributed by atoms with Gasteiger partial charge in [-0.2, -0.15) is 4.98 Å². The molecule has 150 valence electrons. The molecule has 3 rings (SSSR count). The van der Waals surface area contributed by atoms with Gasteiger partial charge in [0.2, 0.25) is 11.9 Å². The SMILES string of the molecule is COc1ccc(Nc2cc(C)nc(Nc3cccc(NC(C)=O)c3)n2)c(OC)c1. The van der Waals surface area contributed by atoms with Crippen LogP contribution >= 0.6 is 0 Å². The summed E-state index contributed by atoms with van der Waals surface area (Å²) < 4.78 is 10.7. The van der Waals surface area contributed by atoms with Crippen molar-refractivity contribution in [3.8, 4) is 11.5 Å². The summed E-state index contributed by atoms with van der Waals surface area (Å²) in [6, 6.07) is 14.7. The van der Waals surface area contributed by atoms with Crippen LogP contribution in [0, 0.1) is 6.92 Å². The molecule has 3 N–H and O–H groups in total. The number of hydrogen-bond acceptors (Lipinski definition) is 7. The van der Waals surface area contributed by atoms with E-state index in [1.807, 2.05) is 49.4 Å². The number of hydrogen-bond donors (Lipinski definition) is 3. The van der Waals surface area contributed by atoms with Gasteiger partial charge in [-0.1, -0.05) is 6.07 Å². The van der Waals surface area contributed by atoms with E-state index in [0.29, 0.717) is 29.0 Å². The molecule has 8 nitrogen and oxygen atoms in total. The van der Waals surface area contributed by atoms with Crippen molar-refractivity contribution < 1.29 is 14.3 Å². The molecule has 0 aliphatic carbocycles. The molecule has 0 bridgehead atoms. The Kier molecular flexibility index (Phi) is 6.13. The van der Waals surface area contributed by atoms with Gasteiger partial charge in [0.05, 0.1) is 19.9 Å². The van der Waals surface area contributed by atoms with Crippen molar-refractivity contribution in [2.24, 2.45) is 0 Å². The van der Waals surface area contributed by atoms with Gasteiger partial charge < -0.3 is 25.4 Å². The second kappa shape index (κ2) is 8.92. The molecule has 29 heavy (non-hydrogen) atoms. The van der Waals surface area contributed by atoms with E-state index in [0.717, 1.165) is 17.1 Å². The van der Waals surface area contributed by atoms with Crippen LogP contribution < -0.4 is 25.4 Å². The van der Waals surface area contributed by atoms with E-state index in [1.165, 1.54) is 6.92 Å². The van der Waals surface area contributed by atoms with Crippen molar-refractivity contribution >= 4 is 34.7 Å². The van der Waals surface area contributed by atoms with Crippen LogP contribution in [0.15, 0.2) is 48.5 Å². The highest BCUT2D eigenvalue weighted by molar-refractivity contribution is 5.89. The zero-order valence-corrected chi connectivity index (χ0v) is 16.7. The maximum Gasteiger partial charge on any atom is 0.229 e. The molecule has 0 atom stereocenters. The summed E-state index contributed by atoms with van der Waals surface area (Å²) in [7, 11) is 3.20. The molecule has 1 aromatic heterocycles. The zero-order chi connectivity index (χ0) is 20.8. The first-order chi connectivity index (χ1) is 14.0. The minimum atomic E-state index is -0.131. The second-order valence-electron chi connectivity index (χ2n) is 6.30. The van der Waals surface area contributed by atoms with Crippen LogP contribution in [0.2, 0.25) is 0 Å². The molecule has 0 aliphatic rings. The van der Waals surface area contributed by atoms with E-state index < -0.39 is 0 Å². The lowest BCUT2D eigenvalue weighted by atomic mass is 10.2. The molecule has 0 radical (unpaired) electrons. The number of rotatable bonds is 7. The molecule has 0 saturated carbocycles. The number of nitrogens with one attached hydrogen (secondary N) is 3. The number of anilines is 5. The summed E-state index contributed by atoms with van der Waals surface area (Å²) in [5, 5.41) is 9.17. The van der Waals surface area contributed by atoms with Crippen LogP contribution in [0.3, 0.4) is 0 Å². The first kappa shape index (κ1) is 19.9. The quantitative estimate of drug-likeness (QED) is 0.552. The second-order valence-corrected chi connectivity index (χ2v) is 6.30. The number of aryl methyl sites for hydroxylation is 1. The van der Waals surface area contributed by atoms with Crippen LogP contribution in [-0.4, -0.2) is 30.1 Å². The summed E-state index contributed by atoms with van der Waals surface area (Å²) in [6.07, 6.45) is 0. The predicted octanol–water partition coefficient (Wildman–Crippen LogP) is 4.25. The molecule has 0 aliphatic heterocycles. The average molecular weight is 393 g/mol. The van der Waals surface area contributed by atoms with E-state index in [2.05, 4.69) is 25.9 Å². The number of benzene rings is 2. The zero-order valence-electron chi connectivity index (χ0n) is 16.7. The normalized spacial score (nSPS) is 10.2. The van der Waals surface area contributed by atoms with Crippen LogP contribution in [0.5, 0.6) is 11.5 Å². The smallest absolute Gasteiger partial charge is 0.229 e. The minimum Gasteiger partial charge on any atom is -0.497 e. The van der Waals surface area contributed by atoms with Crippen molar-refractivity contribution in [1.82, 2.24) is 9.97 Å². The van der Waals surface area contributed by atoms with Gasteiger partial charge in [0, 0.05) is 36.1 Å². The third-order valence-electron chi connectivity index (χ3n) is 3.96. The molecule has 1 heterocycles. The minimum absolute atomic E-state index is 0.131. The molecular formula is C21H23N5O3. The summed E-state index contributed by atoms with van der Waals surface area (Å²) in [6.45, 7) is 3.35.